The molecule has 2 fully saturated rings. The maximum absolute atomic E-state index is 2.40. The van der Waals surface area contributed by atoms with E-state index in [1.54, 1.807) is 0 Å². The molecule has 0 amide bonds. The minimum absolute atomic E-state index is 0.500. The fraction of sp³-hybridized carbons (Fsp3) is 1.00. The summed E-state index contributed by atoms with van der Waals surface area (Å²) in [5.74, 6) is 3.49. The molecule has 0 aliphatic heterocycles. The van der Waals surface area contributed by atoms with Gasteiger partial charge in [-0.05, 0) is 65.6 Å². The summed E-state index contributed by atoms with van der Waals surface area (Å²) in [5, 5.41) is 0. The van der Waals surface area contributed by atoms with E-state index in [0.717, 1.165) is 34.5 Å². The van der Waals surface area contributed by atoms with Gasteiger partial charge < -0.3 is 0 Å². The van der Waals surface area contributed by atoms with E-state index in [2.05, 4.69) is 96.9 Å². The van der Waals surface area contributed by atoms with Gasteiger partial charge in [-0.3, -0.25) is 0 Å². The van der Waals surface area contributed by atoms with Crippen molar-refractivity contribution < 1.29 is 0 Å². The fourth-order valence-corrected chi connectivity index (χ4v) is 2.09. The molecule has 0 nitrogen and oxygen atoms in total. The quantitative estimate of drug-likeness (QED) is 0.455. The van der Waals surface area contributed by atoms with Crippen LogP contribution in [0.2, 0.25) is 0 Å². The van der Waals surface area contributed by atoms with Crippen molar-refractivity contribution in [2.75, 3.05) is 0 Å². The van der Waals surface area contributed by atoms with Crippen LogP contribution >= 0.6 is 0 Å². The highest BCUT2D eigenvalue weighted by Crippen LogP contribution is 2.51. The van der Waals surface area contributed by atoms with Crippen molar-refractivity contribution in [2.45, 2.75) is 135 Å². The van der Waals surface area contributed by atoms with Gasteiger partial charge in [0.25, 0.3) is 0 Å². The summed E-state index contributed by atoms with van der Waals surface area (Å²) < 4.78 is 0. The van der Waals surface area contributed by atoms with Gasteiger partial charge >= 0.3 is 0 Å². The first-order chi connectivity index (χ1) is 12.0. The van der Waals surface area contributed by atoms with E-state index >= 15 is 0 Å². The van der Waals surface area contributed by atoms with Crippen molar-refractivity contribution in [3.05, 3.63) is 0 Å². The molecule has 0 aromatic rings. The van der Waals surface area contributed by atoms with Gasteiger partial charge in [0, 0.05) is 0 Å². The molecule has 0 radical (unpaired) electrons. The lowest BCUT2D eigenvalue weighted by atomic mass is 9.64. The average Bonchev–Trinajstić information content (AvgIpc) is 3.25. The van der Waals surface area contributed by atoms with E-state index < -0.39 is 0 Å². The Kier molecular flexibility index (Phi) is 13.6. The van der Waals surface area contributed by atoms with Crippen LogP contribution in [0.5, 0.6) is 0 Å². The summed E-state index contributed by atoms with van der Waals surface area (Å²) in [6.45, 7) is 32.0. The predicted octanol–water partition coefficient (Wildman–Crippen LogP) is 10.0. The van der Waals surface area contributed by atoms with Gasteiger partial charge in [0.05, 0.1) is 0 Å². The third kappa shape index (κ3) is 13.8. The highest BCUT2D eigenvalue weighted by Gasteiger charge is 2.39. The van der Waals surface area contributed by atoms with Crippen LogP contribution in [-0.2, 0) is 0 Å². The van der Waals surface area contributed by atoms with Gasteiger partial charge in [0.2, 0.25) is 0 Å². The molecule has 0 saturated heterocycles. The smallest absolute Gasteiger partial charge is 0.0302 e. The van der Waals surface area contributed by atoms with Gasteiger partial charge in [-0.1, -0.05) is 110 Å². The molecule has 0 bridgehead atoms. The molecule has 166 valence electrons. The number of rotatable bonds is 3. The van der Waals surface area contributed by atoms with Crippen LogP contribution < -0.4 is 0 Å². The maximum Gasteiger partial charge on any atom is -0.0302 e. The van der Waals surface area contributed by atoms with Crippen LogP contribution in [0.25, 0.3) is 0 Å². The first-order valence-corrected chi connectivity index (χ1v) is 12.0. The van der Waals surface area contributed by atoms with Gasteiger partial charge in [-0.25, -0.2) is 0 Å². The van der Waals surface area contributed by atoms with E-state index in [4.69, 9.17) is 0 Å². The number of hydrogen-bond acceptors (Lipinski definition) is 0. The highest BCUT2D eigenvalue weighted by atomic mass is 14.4. The molecule has 0 aromatic heterocycles. The van der Waals surface area contributed by atoms with E-state index in [9.17, 15) is 0 Å². The zero-order valence-corrected chi connectivity index (χ0v) is 22.1. The molecule has 0 heterocycles. The Balaban J connectivity index is 0. The first kappa shape index (κ1) is 29.2. The van der Waals surface area contributed by atoms with Crippen LogP contribution in [0, 0.1) is 39.9 Å². The standard InChI is InChI=1S/C8H16.C7H14.C7H16.C5H12/c1-7(2)8(3)5-4-6-8;1-6(2)7(3)4-5-7;1-6(2)7(3,4)5;1-4-5(2)3/h7H,4-6H2,1-3H3;6H,4-5H2,1-3H3;6H,1-5H3;5H,4H2,1-3H3. The average molecular weight is 383 g/mol. The predicted molar refractivity (Wildman–Crippen MR) is 128 cm³/mol. The van der Waals surface area contributed by atoms with Gasteiger partial charge in [0.1, 0.15) is 0 Å². The first-order valence-electron chi connectivity index (χ1n) is 12.0. The topological polar surface area (TPSA) is 0 Å². The second-order valence-corrected chi connectivity index (χ2v) is 12.3. The molecule has 2 rings (SSSR count). The van der Waals surface area contributed by atoms with Crippen LogP contribution in [0.1, 0.15) is 135 Å². The molecular formula is C27H58. The molecule has 2 aliphatic carbocycles. The summed E-state index contributed by atoms with van der Waals surface area (Å²) >= 11 is 0. The Bertz CT molecular complexity index is 333. The molecule has 0 atom stereocenters. The minimum atomic E-state index is 0.500. The third-order valence-electron chi connectivity index (χ3n) is 7.87. The molecule has 0 heteroatoms. The second-order valence-electron chi connectivity index (χ2n) is 12.3. The lowest BCUT2D eigenvalue weighted by molar-refractivity contribution is 0.0934. The summed E-state index contributed by atoms with van der Waals surface area (Å²) in [5.41, 5.74) is 1.97. The lowest BCUT2D eigenvalue weighted by Gasteiger charge is -2.42. The lowest BCUT2D eigenvalue weighted by Crippen LogP contribution is -2.30. The largest absolute Gasteiger partial charge is 0.0651 e. The zero-order chi connectivity index (χ0) is 22.1. The molecule has 2 saturated carbocycles. The normalized spacial score (nSPS) is 19.3. The van der Waals surface area contributed by atoms with E-state index in [1.165, 1.54) is 38.5 Å². The molecule has 0 unspecified atom stereocenters. The minimum Gasteiger partial charge on any atom is -0.0651 e. The number of hydrogen-bond donors (Lipinski definition) is 0. The second kappa shape index (κ2) is 12.5. The van der Waals surface area contributed by atoms with Crippen molar-refractivity contribution >= 4 is 0 Å². The van der Waals surface area contributed by atoms with Crippen molar-refractivity contribution in [2.24, 2.45) is 39.9 Å². The molecule has 0 spiro atoms. The van der Waals surface area contributed by atoms with E-state index in [1.807, 2.05) is 0 Å². The van der Waals surface area contributed by atoms with Crippen molar-refractivity contribution in [1.29, 1.82) is 0 Å². The van der Waals surface area contributed by atoms with Gasteiger partial charge in [-0.15, -0.1) is 0 Å². The van der Waals surface area contributed by atoms with Gasteiger partial charge in [0.15, 0.2) is 0 Å². The van der Waals surface area contributed by atoms with Crippen LogP contribution in [0.3, 0.4) is 0 Å². The van der Waals surface area contributed by atoms with Crippen molar-refractivity contribution in [3.63, 3.8) is 0 Å². The summed E-state index contributed by atoms with van der Waals surface area (Å²) in [4.78, 5) is 0. The van der Waals surface area contributed by atoms with Crippen LogP contribution in [0.4, 0.5) is 0 Å². The zero-order valence-electron chi connectivity index (χ0n) is 22.1. The molecular weight excluding hydrogens is 324 g/mol. The fourth-order valence-electron chi connectivity index (χ4n) is 2.09. The van der Waals surface area contributed by atoms with Crippen molar-refractivity contribution in [1.82, 2.24) is 0 Å². The van der Waals surface area contributed by atoms with E-state index in [0.29, 0.717) is 5.41 Å². The Labute approximate surface area is 175 Å². The Morgan fingerprint density at radius 3 is 0.926 bits per heavy atom. The summed E-state index contributed by atoms with van der Waals surface area (Å²) in [6, 6.07) is 0. The maximum atomic E-state index is 2.40. The van der Waals surface area contributed by atoms with Gasteiger partial charge in [-0.2, -0.15) is 0 Å². The molecule has 27 heavy (non-hydrogen) atoms. The summed E-state index contributed by atoms with van der Waals surface area (Å²) in [6.07, 6.45) is 8.62. The SMILES string of the molecule is CC(C)C(C)(C)C.CC(C)C1(C)CC1.CC(C)C1(C)CCC1.CCC(C)C. The van der Waals surface area contributed by atoms with Crippen molar-refractivity contribution in [3.8, 4) is 0 Å². The highest BCUT2D eigenvalue weighted by molar-refractivity contribution is 4.90. The Morgan fingerprint density at radius 1 is 0.667 bits per heavy atom. The summed E-state index contributed by atoms with van der Waals surface area (Å²) in [7, 11) is 0. The molecule has 2 aliphatic rings. The van der Waals surface area contributed by atoms with Crippen LogP contribution in [-0.4, -0.2) is 0 Å². The third-order valence-corrected chi connectivity index (χ3v) is 7.87. The molecule has 0 aromatic carbocycles. The Hall–Kier alpha value is 0. The monoisotopic (exact) mass is 382 g/mol. The van der Waals surface area contributed by atoms with Crippen LogP contribution in [0.15, 0.2) is 0 Å². The molecule has 0 N–H and O–H groups in total. The Morgan fingerprint density at radius 2 is 0.926 bits per heavy atom. The van der Waals surface area contributed by atoms with E-state index in [-0.39, 0.29) is 0 Å².